The highest BCUT2D eigenvalue weighted by molar-refractivity contribution is 5.23. The summed E-state index contributed by atoms with van der Waals surface area (Å²) < 4.78 is 0. The summed E-state index contributed by atoms with van der Waals surface area (Å²) in [5, 5.41) is 3.75. The first-order valence-electron chi connectivity index (χ1n) is 6.55. The quantitative estimate of drug-likeness (QED) is 0.817. The number of hydrogen-bond acceptors (Lipinski definition) is 1. The van der Waals surface area contributed by atoms with Crippen LogP contribution in [0.1, 0.15) is 43.7 Å². The third kappa shape index (κ3) is 2.65. The second-order valence-corrected chi connectivity index (χ2v) is 5.18. The van der Waals surface area contributed by atoms with Crippen LogP contribution in [0.2, 0.25) is 0 Å². The molecule has 1 atom stereocenters. The van der Waals surface area contributed by atoms with Crippen molar-refractivity contribution in [3.63, 3.8) is 0 Å². The molecular formula is C15H23N. The van der Waals surface area contributed by atoms with Crippen LogP contribution in [0.25, 0.3) is 0 Å². The van der Waals surface area contributed by atoms with E-state index in [2.05, 4.69) is 43.4 Å². The Hall–Kier alpha value is -0.820. The second-order valence-electron chi connectivity index (χ2n) is 5.18. The smallest absolute Gasteiger partial charge is 0.0219 e. The lowest BCUT2D eigenvalue weighted by Crippen LogP contribution is -2.49. The Morgan fingerprint density at radius 1 is 1.19 bits per heavy atom. The maximum absolute atomic E-state index is 3.75. The van der Waals surface area contributed by atoms with Crippen LogP contribution in [0, 0.1) is 6.92 Å². The summed E-state index contributed by atoms with van der Waals surface area (Å²) in [6.45, 7) is 5.66. The molecule has 2 rings (SSSR count). The molecule has 0 radical (unpaired) electrons. The molecule has 16 heavy (non-hydrogen) atoms. The van der Waals surface area contributed by atoms with Gasteiger partial charge in [0, 0.05) is 5.54 Å². The number of piperidine rings is 1. The molecule has 1 saturated heterocycles. The number of aryl methyl sites for hydroxylation is 1. The predicted octanol–water partition coefficient (Wildman–Crippen LogP) is 3.46. The van der Waals surface area contributed by atoms with Crippen molar-refractivity contribution in [1.82, 2.24) is 5.32 Å². The van der Waals surface area contributed by atoms with Crippen LogP contribution in [0.4, 0.5) is 0 Å². The highest BCUT2D eigenvalue weighted by Crippen LogP contribution is 2.27. The Kier molecular flexibility index (Phi) is 3.65. The fraction of sp³-hybridized carbons (Fsp3) is 0.600. The fourth-order valence-electron chi connectivity index (χ4n) is 2.70. The van der Waals surface area contributed by atoms with E-state index in [1.54, 1.807) is 0 Å². The largest absolute Gasteiger partial charge is 0.311 e. The molecule has 1 fully saturated rings. The van der Waals surface area contributed by atoms with E-state index in [1.807, 2.05) is 0 Å². The van der Waals surface area contributed by atoms with Crippen molar-refractivity contribution in [3.8, 4) is 0 Å². The van der Waals surface area contributed by atoms with Crippen molar-refractivity contribution in [2.24, 2.45) is 0 Å². The highest BCUT2D eigenvalue weighted by Gasteiger charge is 2.29. The van der Waals surface area contributed by atoms with Gasteiger partial charge < -0.3 is 5.32 Å². The van der Waals surface area contributed by atoms with Gasteiger partial charge in [-0.2, -0.15) is 0 Å². The van der Waals surface area contributed by atoms with Crippen LogP contribution in [-0.4, -0.2) is 12.1 Å². The second kappa shape index (κ2) is 5.01. The minimum absolute atomic E-state index is 0.369. The maximum atomic E-state index is 3.75. The minimum atomic E-state index is 0.369. The van der Waals surface area contributed by atoms with Crippen LogP contribution in [0.15, 0.2) is 24.3 Å². The van der Waals surface area contributed by atoms with Gasteiger partial charge >= 0.3 is 0 Å². The number of hydrogen-bond donors (Lipinski definition) is 1. The van der Waals surface area contributed by atoms with E-state index in [0.29, 0.717) is 5.54 Å². The van der Waals surface area contributed by atoms with E-state index in [4.69, 9.17) is 0 Å². The predicted molar refractivity (Wildman–Crippen MR) is 69.8 cm³/mol. The summed E-state index contributed by atoms with van der Waals surface area (Å²) in [7, 11) is 0. The Morgan fingerprint density at radius 3 is 2.50 bits per heavy atom. The van der Waals surface area contributed by atoms with E-state index in [1.165, 1.54) is 49.8 Å². The van der Waals surface area contributed by atoms with Gasteiger partial charge in [0.15, 0.2) is 0 Å². The monoisotopic (exact) mass is 217 g/mol. The molecule has 0 bridgehead atoms. The number of rotatable bonds is 3. The van der Waals surface area contributed by atoms with E-state index >= 15 is 0 Å². The first-order chi connectivity index (χ1) is 7.74. The minimum Gasteiger partial charge on any atom is -0.311 e. The van der Waals surface area contributed by atoms with Gasteiger partial charge in [-0.1, -0.05) is 43.2 Å². The van der Waals surface area contributed by atoms with Crippen molar-refractivity contribution in [2.75, 3.05) is 6.54 Å². The summed E-state index contributed by atoms with van der Waals surface area (Å²) in [5.41, 5.74) is 3.20. The fourth-order valence-corrected chi connectivity index (χ4v) is 2.70. The van der Waals surface area contributed by atoms with Gasteiger partial charge in [0.2, 0.25) is 0 Å². The summed E-state index contributed by atoms with van der Waals surface area (Å²) in [5.74, 6) is 0. The van der Waals surface area contributed by atoms with Crippen molar-refractivity contribution in [2.45, 2.75) is 51.5 Å². The Bertz CT molecular complexity index is 320. The van der Waals surface area contributed by atoms with E-state index < -0.39 is 0 Å². The van der Waals surface area contributed by atoms with Crippen LogP contribution < -0.4 is 5.32 Å². The van der Waals surface area contributed by atoms with Gasteiger partial charge in [0.05, 0.1) is 0 Å². The number of benzene rings is 1. The molecule has 1 N–H and O–H groups in total. The standard InChI is InChI=1S/C15H23N/c1-3-15(10-4-5-11-16-15)12-14-8-6-13(2)7-9-14/h6-9,16H,3-5,10-12H2,1-2H3. The third-order valence-corrected chi connectivity index (χ3v) is 3.92. The zero-order valence-corrected chi connectivity index (χ0v) is 10.6. The Balaban J connectivity index is 2.08. The van der Waals surface area contributed by atoms with Crippen LogP contribution >= 0.6 is 0 Å². The molecule has 1 heterocycles. The maximum Gasteiger partial charge on any atom is 0.0219 e. The molecule has 1 aromatic carbocycles. The average molecular weight is 217 g/mol. The van der Waals surface area contributed by atoms with Gasteiger partial charge in [-0.3, -0.25) is 0 Å². The van der Waals surface area contributed by atoms with Crippen molar-refractivity contribution >= 4 is 0 Å². The van der Waals surface area contributed by atoms with Gasteiger partial charge in [-0.25, -0.2) is 0 Å². The van der Waals surface area contributed by atoms with E-state index in [9.17, 15) is 0 Å². The normalized spacial score (nSPS) is 25.6. The zero-order chi connectivity index (χ0) is 11.4. The Labute approximate surface area is 99.3 Å². The molecule has 1 unspecified atom stereocenters. The van der Waals surface area contributed by atoms with Gasteiger partial charge in [0.1, 0.15) is 0 Å². The summed E-state index contributed by atoms with van der Waals surface area (Å²) >= 11 is 0. The molecule has 1 aromatic rings. The van der Waals surface area contributed by atoms with Crippen molar-refractivity contribution < 1.29 is 0 Å². The van der Waals surface area contributed by atoms with Crippen LogP contribution in [-0.2, 0) is 6.42 Å². The van der Waals surface area contributed by atoms with Crippen molar-refractivity contribution in [1.29, 1.82) is 0 Å². The molecule has 88 valence electrons. The van der Waals surface area contributed by atoms with E-state index in [-0.39, 0.29) is 0 Å². The molecular weight excluding hydrogens is 194 g/mol. The average Bonchev–Trinajstić information content (AvgIpc) is 2.33. The topological polar surface area (TPSA) is 12.0 Å². The molecule has 0 saturated carbocycles. The van der Waals surface area contributed by atoms with Crippen LogP contribution in [0.5, 0.6) is 0 Å². The van der Waals surface area contributed by atoms with E-state index in [0.717, 1.165) is 0 Å². The van der Waals surface area contributed by atoms with Gasteiger partial charge in [0.25, 0.3) is 0 Å². The molecule has 1 aliphatic heterocycles. The SMILES string of the molecule is CCC1(Cc2ccc(C)cc2)CCCCN1. The summed E-state index contributed by atoms with van der Waals surface area (Å²) in [6, 6.07) is 9.01. The third-order valence-electron chi connectivity index (χ3n) is 3.92. The first-order valence-corrected chi connectivity index (χ1v) is 6.55. The Morgan fingerprint density at radius 2 is 1.94 bits per heavy atom. The van der Waals surface area contributed by atoms with Crippen molar-refractivity contribution in [3.05, 3.63) is 35.4 Å². The zero-order valence-electron chi connectivity index (χ0n) is 10.6. The molecule has 1 nitrogen and oxygen atoms in total. The molecule has 0 aliphatic carbocycles. The van der Waals surface area contributed by atoms with Gasteiger partial charge in [-0.05, 0) is 44.7 Å². The molecule has 0 aromatic heterocycles. The molecule has 1 heteroatoms. The highest BCUT2D eigenvalue weighted by atomic mass is 15.0. The lowest BCUT2D eigenvalue weighted by molar-refractivity contribution is 0.243. The first kappa shape index (κ1) is 11.7. The molecule has 1 aliphatic rings. The number of nitrogens with one attached hydrogen (secondary N) is 1. The molecule has 0 spiro atoms. The van der Waals surface area contributed by atoms with Gasteiger partial charge in [-0.15, -0.1) is 0 Å². The molecule has 0 amide bonds. The lowest BCUT2D eigenvalue weighted by atomic mass is 9.81. The summed E-state index contributed by atoms with van der Waals surface area (Å²) in [4.78, 5) is 0. The van der Waals surface area contributed by atoms with Crippen LogP contribution in [0.3, 0.4) is 0 Å². The summed E-state index contributed by atoms with van der Waals surface area (Å²) in [6.07, 6.45) is 6.48. The lowest BCUT2D eigenvalue weighted by Gasteiger charge is -2.38.